The summed E-state index contributed by atoms with van der Waals surface area (Å²) in [4.78, 5) is 0. The van der Waals surface area contributed by atoms with E-state index in [4.69, 9.17) is 4.74 Å². The van der Waals surface area contributed by atoms with Crippen molar-refractivity contribution < 1.29 is 4.74 Å². The first-order chi connectivity index (χ1) is 8.47. The van der Waals surface area contributed by atoms with E-state index in [-0.39, 0.29) is 0 Å². The SMILES string of the molecule is CC(C)(C)CCNCCOCc1ccc(Br)cc1. The molecule has 18 heavy (non-hydrogen) atoms. The number of ether oxygens (including phenoxy) is 1. The van der Waals surface area contributed by atoms with Crippen molar-refractivity contribution in [3.63, 3.8) is 0 Å². The van der Waals surface area contributed by atoms with Crippen LogP contribution in [0.15, 0.2) is 28.7 Å². The molecule has 0 aliphatic heterocycles. The molecule has 1 rings (SSSR count). The van der Waals surface area contributed by atoms with E-state index in [0.29, 0.717) is 12.0 Å². The van der Waals surface area contributed by atoms with E-state index in [1.54, 1.807) is 0 Å². The predicted molar refractivity (Wildman–Crippen MR) is 80.7 cm³/mol. The number of hydrogen-bond donors (Lipinski definition) is 1. The van der Waals surface area contributed by atoms with Crippen molar-refractivity contribution in [3.8, 4) is 0 Å². The maximum atomic E-state index is 5.61. The molecule has 0 aromatic heterocycles. The summed E-state index contributed by atoms with van der Waals surface area (Å²) in [6.45, 7) is 10.2. The van der Waals surface area contributed by atoms with Crippen molar-refractivity contribution in [2.24, 2.45) is 5.41 Å². The smallest absolute Gasteiger partial charge is 0.0717 e. The molecular formula is C15H24BrNO. The van der Waals surface area contributed by atoms with Crippen molar-refractivity contribution in [3.05, 3.63) is 34.3 Å². The van der Waals surface area contributed by atoms with Crippen LogP contribution in [-0.2, 0) is 11.3 Å². The summed E-state index contributed by atoms with van der Waals surface area (Å²) in [5.74, 6) is 0. The molecule has 0 fully saturated rings. The molecule has 0 saturated heterocycles. The summed E-state index contributed by atoms with van der Waals surface area (Å²) < 4.78 is 6.72. The van der Waals surface area contributed by atoms with Gasteiger partial charge in [-0.25, -0.2) is 0 Å². The molecule has 0 aliphatic rings. The Labute approximate surface area is 119 Å². The third kappa shape index (κ3) is 7.85. The Morgan fingerprint density at radius 3 is 2.39 bits per heavy atom. The number of halogens is 1. The fraction of sp³-hybridized carbons (Fsp3) is 0.600. The summed E-state index contributed by atoms with van der Waals surface area (Å²) in [6.07, 6.45) is 1.19. The third-order valence-corrected chi connectivity index (χ3v) is 3.19. The predicted octanol–water partition coefficient (Wildman–Crippen LogP) is 3.99. The molecule has 1 aromatic rings. The second kappa shape index (κ2) is 7.93. The highest BCUT2D eigenvalue weighted by Gasteiger charge is 2.08. The monoisotopic (exact) mass is 313 g/mol. The standard InChI is InChI=1S/C15H24BrNO/c1-15(2,3)8-9-17-10-11-18-12-13-4-6-14(16)7-5-13/h4-7,17H,8-12H2,1-3H3. The first-order valence-corrected chi connectivity index (χ1v) is 7.29. The van der Waals surface area contributed by atoms with Gasteiger partial charge in [0.15, 0.2) is 0 Å². The van der Waals surface area contributed by atoms with Gasteiger partial charge in [-0.15, -0.1) is 0 Å². The normalized spacial score (nSPS) is 11.8. The van der Waals surface area contributed by atoms with Gasteiger partial charge in [-0.2, -0.15) is 0 Å². The molecule has 2 nitrogen and oxygen atoms in total. The third-order valence-electron chi connectivity index (χ3n) is 2.66. The van der Waals surface area contributed by atoms with E-state index in [2.05, 4.69) is 54.2 Å². The maximum Gasteiger partial charge on any atom is 0.0717 e. The van der Waals surface area contributed by atoms with E-state index >= 15 is 0 Å². The number of nitrogens with one attached hydrogen (secondary N) is 1. The molecule has 0 bridgehead atoms. The van der Waals surface area contributed by atoms with Crippen molar-refractivity contribution in [1.29, 1.82) is 0 Å². The van der Waals surface area contributed by atoms with Gasteiger partial charge >= 0.3 is 0 Å². The molecule has 1 aromatic carbocycles. The van der Waals surface area contributed by atoms with E-state index in [0.717, 1.165) is 24.2 Å². The van der Waals surface area contributed by atoms with Gasteiger partial charge in [-0.3, -0.25) is 0 Å². The minimum absolute atomic E-state index is 0.408. The zero-order valence-electron chi connectivity index (χ0n) is 11.6. The summed E-state index contributed by atoms with van der Waals surface area (Å²) in [7, 11) is 0. The molecule has 0 amide bonds. The fourth-order valence-corrected chi connectivity index (χ4v) is 1.77. The Balaban J connectivity index is 2.00. The van der Waals surface area contributed by atoms with Crippen molar-refractivity contribution in [2.75, 3.05) is 19.7 Å². The molecule has 0 unspecified atom stereocenters. The van der Waals surface area contributed by atoms with Gasteiger partial charge in [0.25, 0.3) is 0 Å². The van der Waals surface area contributed by atoms with Gasteiger partial charge < -0.3 is 10.1 Å². The summed E-state index contributed by atoms with van der Waals surface area (Å²) in [5.41, 5.74) is 1.62. The van der Waals surface area contributed by atoms with E-state index in [9.17, 15) is 0 Å². The van der Waals surface area contributed by atoms with Crippen LogP contribution in [0, 0.1) is 5.41 Å². The van der Waals surface area contributed by atoms with Gasteiger partial charge in [0.2, 0.25) is 0 Å². The Bertz CT molecular complexity index is 329. The summed E-state index contributed by atoms with van der Waals surface area (Å²) in [6, 6.07) is 8.24. The molecule has 0 heterocycles. The lowest BCUT2D eigenvalue weighted by molar-refractivity contribution is 0.122. The lowest BCUT2D eigenvalue weighted by Crippen LogP contribution is -2.24. The van der Waals surface area contributed by atoms with Crippen LogP contribution >= 0.6 is 15.9 Å². The van der Waals surface area contributed by atoms with E-state index in [1.807, 2.05) is 12.1 Å². The van der Waals surface area contributed by atoms with Crippen molar-refractivity contribution >= 4 is 15.9 Å². The minimum Gasteiger partial charge on any atom is -0.375 e. The number of rotatable bonds is 7. The Hall–Kier alpha value is -0.380. The molecule has 0 aliphatic carbocycles. The van der Waals surface area contributed by atoms with Crippen LogP contribution in [0.1, 0.15) is 32.8 Å². The Morgan fingerprint density at radius 1 is 1.11 bits per heavy atom. The van der Waals surface area contributed by atoms with Crippen LogP contribution in [-0.4, -0.2) is 19.7 Å². The largest absolute Gasteiger partial charge is 0.375 e. The lowest BCUT2D eigenvalue weighted by atomic mass is 9.92. The molecule has 102 valence electrons. The van der Waals surface area contributed by atoms with Gasteiger partial charge in [0, 0.05) is 11.0 Å². The van der Waals surface area contributed by atoms with Gasteiger partial charge in [-0.1, -0.05) is 48.8 Å². The summed E-state index contributed by atoms with van der Waals surface area (Å²) >= 11 is 3.42. The average Bonchev–Trinajstić information content (AvgIpc) is 2.29. The Kier molecular flexibility index (Phi) is 6.90. The minimum atomic E-state index is 0.408. The average molecular weight is 314 g/mol. The molecule has 0 spiro atoms. The molecule has 3 heteroatoms. The zero-order chi connectivity index (χ0) is 13.4. The molecular weight excluding hydrogens is 290 g/mol. The zero-order valence-corrected chi connectivity index (χ0v) is 13.2. The van der Waals surface area contributed by atoms with Crippen LogP contribution in [0.4, 0.5) is 0 Å². The van der Waals surface area contributed by atoms with E-state index in [1.165, 1.54) is 12.0 Å². The van der Waals surface area contributed by atoms with Crippen molar-refractivity contribution in [2.45, 2.75) is 33.8 Å². The van der Waals surface area contributed by atoms with Crippen LogP contribution in [0.5, 0.6) is 0 Å². The van der Waals surface area contributed by atoms with Crippen LogP contribution < -0.4 is 5.32 Å². The van der Waals surface area contributed by atoms with Crippen LogP contribution in [0.25, 0.3) is 0 Å². The lowest BCUT2D eigenvalue weighted by Gasteiger charge is -2.18. The maximum absolute atomic E-state index is 5.61. The molecule has 0 radical (unpaired) electrons. The fourth-order valence-electron chi connectivity index (χ4n) is 1.50. The van der Waals surface area contributed by atoms with Crippen LogP contribution in [0.3, 0.4) is 0 Å². The van der Waals surface area contributed by atoms with Gasteiger partial charge in [-0.05, 0) is 36.1 Å². The second-order valence-corrected chi connectivity index (χ2v) is 6.66. The molecule has 0 atom stereocenters. The molecule has 1 N–H and O–H groups in total. The van der Waals surface area contributed by atoms with Gasteiger partial charge in [0.05, 0.1) is 13.2 Å². The first kappa shape index (κ1) is 15.7. The number of benzene rings is 1. The topological polar surface area (TPSA) is 21.3 Å². The highest BCUT2D eigenvalue weighted by atomic mass is 79.9. The Morgan fingerprint density at radius 2 is 1.78 bits per heavy atom. The second-order valence-electron chi connectivity index (χ2n) is 5.74. The molecule has 0 saturated carbocycles. The summed E-state index contributed by atoms with van der Waals surface area (Å²) in [5, 5.41) is 3.40. The quantitative estimate of drug-likeness (QED) is 0.768. The van der Waals surface area contributed by atoms with E-state index < -0.39 is 0 Å². The first-order valence-electron chi connectivity index (χ1n) is 6.50. The highest BCUT2D eigenvalue weighted by Crippen LogP contribution is 2.16. The van der Waals surface area contributed by atoms with Gasteiger partial charge in [0.1, 0.15) is 0 Å². The van der Waals surface area contributed by atoms with Crippen molar-refractivity contribution in [1.82, 2.24) is 5.32 Å². The highest BCUT2D eigenvalue weighted by molar-refractivity contribution is 9.10. The number of hydrogen-bond acceptors (Lipinski definition) is 2. The van der Waals surface area contributed by atoms with Crippen LogP contribution in [0.2, 0.25) is 0 Å².